The summed E-state index contributed by atoms with van der Waals surface area (Å²) in [6.45, 7) is 5.03. The highest BCUT2D eigenvalue weighted by molar-refractivity contribution is 7.99. The molecule has 18 heavy (non-hydrogen) atoms. The van der Waals surface area contributed by atoms with Gasteiger partial charge in [-0.15, -0.1) is 0 Å². The second-order valence-corrected chi connectivity index (χ2v) is 5.41. The lowest BCUT2D eigenvalue weighted by Gasteiger charge is -2.26. The van der Waals surface area contributed by atoms with Crippen LogP contribution in [0.15, 0.2) is 0 Å². The molecule has 0 aliphatic heterocycles. The lowest BCUT2D eigenvalue weighted by Crippen LogP contribution is -2.43. The molecule has 0 bridgehead atoms. The maximum Gasteiger partial charge on any atom is 0.229 e. The summed E-state index contributed by atoms with van der Waals surface area (Å²) in [5, 5.41) is 15.2. The van der Waals surface area contributed by atoms with Crippen molar-refractivity contribution >= 4 is 17.7 Å². The average Bonchev–Trinajstić information content (AvgIpc) is 2.42. The van der Waals surface area contributed by atoms with Crippen LogP contribution in [0.3, 0.4) is 0 Å². The lowest BCUT2D eigenvalue weighted by molar-refractivity contribution is -0.118. The van der Waals surface area contributed by atoms with E-state index in [4.69, 9.17) is 0 Å². The molecule has 0 heterocycles. The van der Waals surface area contributed by atoms with Crippen LogP contribution in [0.25, 0.3) is 0 Å². The van der Waals surface area contributed by atoms with Crippen LogP contribution in [0.4, 0.5) is 0 Å². The van der Waals surface area contributed by atoms with Crippen LogP contribution in [0.2, 0.25) is 0 Å². The van der Waals surface area contributed by atoms with Crippen LogP contribution in [-0.4, -0.2) is 36.5 Å². The first-order chi connectivity index (χ1) is 8.64. The van der Waals surface area contributed by atoms with Crippen molar-refractivity contribution in [2.75, 3.05) is 25.1 Å². The Morgan fingerprint density at radius 2 is 2.17 bits per heavy atom. The molecule has 0 saturated heterocycles. The van der Waals surface area contributed by atoms with E-state index in [1.54, 1.807) is 18.8 Å². The first kappa shape index (κ1) is 17.3. The molecule has 1 unspecified atom stereocenters. The van der Waals surface area contributed by atoms with E-state index in [-0.39, 0.29) is 11.4 Å². The minimum atomic E-state index is -0.385. The molecule has 104 valence electrons. The number of hydrogen-bond donors (Lipinski definition) is 2. The Balaban J connectivity index is 3.91. The van der Waals surface area contributed by atoms with E-state index in [0.717, 1.165) is 38.0 Å². The summed E-state index contributed by atoms with van der Waals surface area (Å²) >= 11 is 1.62. The van der Waals surface area contributed by atoms with Crippen LogP contribution in [0.1, 0.15) is 39.5 Å². The molecular weight excluding hydrogens is 246 g/mol. The van der Waals surface area contributed by atoms with Crippen molar-refractivity contribution in [1.29, 1.82) is 5.26 Å². The van der Waals surface area contributed by atoms with E-state index in [0.29, 0.717) is 5.75 Å². The standard InChI is InChI=1S/C13H25N3OS/c1-4-8-16-13(5-2,11-14)7-6-9-18-10-12(17)15-3/h16H,4-10H2,1-3H3,(H,15,17). The number of nitriles is 1. The molecule has 0 aliphatic rings. The molecular formula is C13H25N3OS. The summed E-state index contributed by atoms with van der Waals surface area (Å²) in [6, 6.07) is 2.41. The molecule has 0 aromatic rings. The second kappa shape index (κ2) is 10.2. The van der Waals surface area contributed by atoms with Gasteiger partial charge < -0.3 is 5.32 Å². The van der Waals surface area contributed by atoms with Crippen molar-refractivity contribution in [3.63, 3.8) is 0 Å². The Bertz CT molecular complexity index is 278. The highest BCUT2D eigenvalue weighted by Crippen LogP contribution is 2.18. The predicted molar refractivity (Wildman–Crippen MR) is 77.6 cm³/mol. The van der Waals surface area contributed by atoms with E-state index in [1.165, 1.54) is 0 Å². The van der Waals surface area contributed by atoms with Gasteiger partial charge in [-0.2, -0.15) is 17.0 Å². The summed E-state index contributed by atoms with van der Waals surface area (Å²) in [5.41, 5.74) is -0.385. The number of amides is 1. The number of carbonyl (C=O) groups excluding carboxylic acids is 1. The summed E-state index contributed by atoms with van der Waals surface area (Å²) in [5.74, 6) is 1.49. The summed E-state index contributed by atoms with van der Waals surface area (Å²) in [7, 11) is 1.65. The van der Waals surface area contributed by atoms with Crippen LogP contribution in [0.5, 0.6) is 0 Å². The Labute approximate surface area is 115 Å². The fourth-order valence-corrected chi connectivity index (χ4v) is 2.46. The highest BCUT2D eigenvalue weighted by atomic mass is 32.2. The van der Waals surface area contributed by atoms with Crippen molar-refractivity contribution in [3.05, 3.63) is 0 Å². The zero-order chi connectivity index (χ0) is 13.9. The van der Waals surface area contributed by atoms with Crippen molar-refractivity contribution in [1.82, 2.24) is 10.6 Å². The Hall–Kier alpha value is -0.730. The number of hydrogen-bond acceptors (Lipinski definition) is 4. The minimum absolute atomic E-state index is 0.0612. The normalized spacial score (nSPS) is 13.7. The minimum Gasteiger partial charge on any atom is -0.358 e. The fourth-order valence-electron chi connectivity index (χ4n) is 1.64. The topological polar surface area (TPSA) is 64.9 Å². The smallest absolute Gasteiger partial charge is 0.229 e. The van der Waals surface area contributed by atoms with Gasteiger partial charge in [0.25, 0.3) is 0 Å². The summed E-state index contributed by atoms with van der Waals surface area (Å²) in [4.78, 5) is 11.0. The average molecular weight is 271 g/mol. The molecule has 0 spiro atoms. The first-order valence-corrected chi connectivity index (χ1v) is 7.74. The zero-order valence-corrected chi connectivity index (χ0v) is 12.5. The molecule has 0 aromatic heterocycles. The van der Waals surface area contributed by atoms with Gasteiger partial charge >= 0.3 is 0 Å². The molecule has 0 saturated carbocycles. The van der Waals surface area contributed by atoms with Gasteiger partial charge in [0, 0.05) is 7.05 Å². The number of carbonyl (C=O) groups is 1. The van der Waals surface area contributed by atoms with Gasteiger partial charge in [-0.3, -0.25) is 10.1 Å². The molecule has 4 nitrogen and oxygen atoms in total. The number of nitrogens with zero attached hydrogens (tertiary/aromatic N) is 1. The van der Waals surface area contributed by atoms with Crippen molar-refractivity contribution in [3.8, 4) is 6.07 Å². The number of thioether (sulfide) groups is 1. The third kappa shape index (κ3) is 6.87. The zero-order valence-electron chi connectivity index (χ0n) is 11.7. The van der Waals surface area contributed by atoms with Crippen LogP contribution < -0.4 is 10.6 Å². The quantitative estimate of drug-likeness (QED) is 0.596. The highest BCUT2D eigenvalue weighted by Gasteiger charge is 2.25. The molecule has 1 atom stereocenters. The molecule has 0 aliphatic carbocycles. The van der Waals surface area contributed by atoms with E-state index < -0.39 is 0 Å². The Morgan fingerprint density at radius 3 is 2.67 bits per heavy atom. The number of rotatable bonds is 10. The third-order valence-corrected chi connectivity index (χ3v) is 3.98. The molecule has 5 heteroatoms. The first-order valence-electron chi connectivity index (χ1n) is 6.58. The lowest BCUT2D eigenvalue weighted by atomic mass is 9.92. The Morgan fingerprint density at radius 1 is 1.44 bits per heavy atom. The molecule has 0 rings (SSSR count). The van der Waals surface area contributed by atoms with Crippen LogP contribution >= 0.6 is 11.8 Å². The van der Waals surface area contributed by atoms with Crippen molar-refractivity contribution < 1.29 is 4.79 Å². The molecule has 0 aromatic carbocycles. The molecule has 0 radical (unpaired) electrons. The monoisotopic (exact) mass is 271 g/mol. The van der Waals surface area contributed by atoms with Crippen molar-refractivity contribution in [2.24, 2.45) is 0 Å². The Kier molecular flexibility index (Phi) is 9.80. The molecule has 2 N–H and O–H groups in total. The molecule has 0 fully saturated rings. The summed E-state index contributed by atoms with van der Waals surface area (Å²) in [6.07, 6.45) is 3.67. The predicted octanol–water partition coefficient (Wildman–Crippen LogP) is 1.92. The number of nitrogens with one attached hydrogen (secondary N) is 2. The SMILES string of the molecule is CCCNC(C#N)(CC)CCCSCC(=O)NC. The van der Waals surface area contributed by atoms with Gasteiger partial charge in [0.15, 0.2) is 0 Å². The summed E-state index contributed by atoms with van der Waals surface area (Å²) < 4.78 is 0. The van der Waals surface area contributed by atoms with E-state index in [2.05, 4.69) is 23.6 Å². The maximum atomic E-state index is 11.0. The van der Waals surface area contributed by atoms with Crippen molar-refractivity contribution in [2.45, 2.75) is 45.1 Å². The molecule has 1 amide bonds. The van der Waals surface area contributed by atoms with Gasteiger partial charge in [-0.05, 0) is 38.0 Å². The van der Waals surface area contributed by atoms with E-state index in [1.807, 2.05) is 6.92 Å². The van der Waals surface area contributed by atoms with Crippen LogP contribution in [-0.2, 0) is 4.79 Å². The van der Waals surface area contributed by atoms with Gasteiger partial charge in [0.2, 0.25) is 5.91 Å². The van der Waals surface area contributed by atoms with Gasteiger partial charge in [0.05, 0.1) is 11.8 Å². The maximum absolute atomic E-state index is 11.0. The fraction of sp³-hybridized carbons (Fsp3) is 0.846. The van der Waals surface area contributed by atoms with Gasteiger partial charge in [0.1, 0.15) is 5.54 Å². The van der Waals surface area contributed by atoms with Gasteiger partial charge in [-0.25, -0.2) is 0 Å². The van der Waals surface area contributed by atoms with Crippen LogP contribution in [0, 0.1) is 11.3 Å². The largest absolute Gasteiger partial charge is 0.358 e. The van der Waals surface area contributed by atoms with Gasteiger partial charge in [-0.1, -0.05) is 13.8 Å². The van der Waals surface area contributed by atoms with E-state index >= 15 is 0 Å². The third-order valence-electron chi connectivity index (χ3n) is 2.94. The second-order valence-electron chi connectivity index (χ2n) is 4.30. The van der Waals surface area contributed by atoms with E-state index in [9.17, 15) is 10.1 Å².